The Balaban J connectivity index is 2.10. The lowest BCUT2D eigenvalue weighted by molar-refractivity contribution is -0.126. The Morgan fingerprint density at radius 3 is 2.47 bits per heavy atom. The van der Waals surface area contributed by atoms with E-state index in [2.05, 4.69) is 12.2 Å². The first-order valence-corrected chi connectivity index (χ1v) is 11.9. The van der Waals surface area contributed by atoms with Crippen LogP contribution < -0.4 is 15.0 Å². The van der Waals surface area contributed by atoms with Gasteiger partial charge in [-0.15, -0.1) is 11.6 Å². The summed E-state index contributed by atoms with van der Waals surface area (Å²) in [6.07, 6.45) is 4.26. The van der Waals surface area contributed by atoms with E-state index in [0.717, 1.165) is 24.8 Å². The molecule has 1 saturated carbocycles. The van der Waals surface area contributed by atoms with Gasteiger partial charge < -0.3 is 10.1 Å². The zero-order valence-corrected chi connectivity index (χ0v) is 20.2. The average molecular weight is 477 g/mol. The van der Waals surface area contributed by atoms with Gasteiger partial charge in [0.15, 0.2) is 0 Å². The third kappa shape index (κ3) is 5.57. The molecule has 2 amide bonds. The highest BCUT2D eigenvalue weighted by Crippen LogP contribution is 2.37. The number of amides is 2. The highest BCUT2D eigenvalue weighted by atomic mass is 35.5. The van der Waals surface area contributed by atoms with Crippen LogP contribution in [-0.4, -0.2) is 30.8 Å². The number of nitrogens with zero attached hydrogens (tertiary/aromatic N) is 1. The van der Waals surface area contributed by atoms with E-state index in [0.29, 0.717) is 27.9 Å². The molecule has 1 aliphatic carbocycles. The first-order chi connectivity index (χ1) is 15.3. The van der Waals surface area contributed by atoms with E-state index in [1.807, 2.05) is 19.1 Å². The SMILES string of the molecule is COc1ccc(C)cc1N(C(=O)CCl)[C@H](C(=O)N[C@@H]1CCCC[C@@H]1C)c1ccc(Cl)cc1. The van der Waals surface area contributed by atoms with Gasteiger partial charge in [-0.25, -0.2) is 0 Å². The van der Waals surface area contributed by atoms with E-state index in [9.17, 15) is 9.59 Å². The lowest BCUT2D eigenvalue weighted by atomic mass is 9.85. The summed E-state index contributed by atoms with van der Waals surface area (Å²) < 4.78 is 5.54. The number of halogens is 2. The number of benzene rings is 2. The van der Waals surface area contributed by atoms with Crippen LogP contribution in [-0.2, 0) is 9.59 Å². The maximum absolute atomic E-state index is 13.7. The molecule has 3 rings (SSSR count). The van der Waals surface area contributed by atoms with Crippen LogP contribution in [0.4, 0.5) is 5.69 Å². The van der Waals surface area contributed by atoms with Gasteiger partial charge in [0.05, 0.1) is 12.8 Å². The third-order valence-electron chi connectivity index (χ3n) is 6.11. The number of hydrogen-bond donors (Lipinski definition) is 1. The first-order valence-electron chi connectivity index (χ1n) is 10.9. The number of methoxy groups -OCH3 is 1. The second-order valence-corrected chi connectivity index (χ2v) is 9.11. The fraction of sp³-hybridized carbons (Fsp3) is 0.440. The minimum atomic E-state index is -0.914. The van der Waals surface area contributed by atoms with Crippen LogP contribution in [0, 0.1) is 12.8 Å². The van der Waals surface area contributed by atoms with Crippen LogP contribution in [0.15, 0.2) is 42.5 Å². The van der Waals surface area contributed by atoms with E-state index >= 15 is 0 Å². The van der Waals surface area contributed by atoms with Crippen molar-refractivity contribution >= 4 is 40.7 Å². The molecule has 0 unspecified atom stereocenters. The molecule has 5 nitrogen and oxygen atoms in total. The quantitative estimate of drug-likeness (QED) is 0.524. The van der Waals surface area contributed by atoms with Crippen molar-refractivity contribution in [2.24, 2.45) is 5.92 Å². The van der Waals surface area contributed by atoms with E-state index in [1.165, 1.54) is 11.3 Å². The number of ether oxygens (including phenoxy) is 1. The number of rotatable bonds is 7. The molecule has 0 saturated heterocycles. The summed E-state index contributed by atoms with van der Waals surface area (Å²) >= 11 is 12.1. The number of hydrogen-bond acceptors (Lipinski definition) is 3. The molecule has 172 valence electrons. The molecule has 7 heteroatoms. The van der Waals surface area contributed by atoms with Gasteiger partial charge in [-0.3, -0.25) is 14.5 Å². The lowest BCUT2D eigenvalue weighted by Gasteiger charge is -2.35. The van der Waals surface area contributed by atoms with Crippen LogP contribution in [0.5, 0.6) is 5.75 Å². The highest BCUT2D eigenvalue weighted by molar-refractivity contribution is 6.30. The van der Waals surface area contributed by atoms with Gasteiger partial charge in [-0.1, -0.05) is 49.6 Å². The molecule has 0 aliphatic heterocycles. The zero-order chi connectivity index (χ0) is 23.3. The summed E-state index contributed by atoms with van der Waals surface area (Å²) in [4.78, 5) is 28.4. The van der Waals surface area contributed by atoms with Crippen LogP contribution in [0.1, 0.15) is 49.8 Å². The van der Waals surface area contributed by atoms with Crippen molar-refractivity contribution in [2.75, 3.05) is 17.9 Å². The molecule has 1 N–H and O–H groups in total. The Morgan fingerprint density at radius 1 is 1.16 bits per heavy atom. The summed E-state index contributed by atoms with van der Waals surface area (Å²) in [6, 6.07) is 11.7. The number of nitrogens with one attached hydrogen (secondary N) is 1. The minimum Gasteiger partial charge on any atom is -0.495 e. The number of aryl methyl sites for hydroxylation is 1. The predicted octanol–water partition coefficient (Wildman–Crippen LogP) is 5.67. The molecule has 0 radical (unpaired) electrons. The predicted molar refractivity (Wildman–Crippen MR) is 130 cm³/mol. The molecule has 1 aliphatic rings. The van der Waals surface area contributed by atoms with Gasteiger partial charge in [0, 0.05) is 11.1 Å². The van der Waals surface area contributed by atoms with Crippen molar-refractivity contribution in [1.29, 1.82) is 0 Å². The average Bonchev–Trinajstić information content (AvgIpc) is 2.79. The smallest absolute Gasteiger partial charge is 0.248 e. The molecule has 32 heavy (non-hydrogen) atoms. The number of alkyl halides is 1. The van der Waals surface area contributed by atoms with Crippen molar-refractivity contribution in [3.8, 4) is 5.75 Å². The topological polar surface area (TPSA) is 58.6 Å². The molecule has 0 spiro atoms. The van der Waals surface area contributed by atoms with Gasteiger partial charge >= 0.3 is 0 Å². The molecule has 2 aromatic carbocycles. The standard InChI is InChI=1S/C25H30Cl2N2O3/c1-16-8-13-22(32-3)21(14-16)29(23(30)15-26)24(18-9-11-19(27)12-10-18)25(31)28-20-7-5-4-6-17(20)2/h8-14,17,20,24H,4-7,15H2,1-3H3,(H,28,31)/t17-,20+,24-/m0/s1. The van der Waals surface area contributed by atoms with E-state index < -0.39 is 6.04 Å². The normalized spacial score (nSPS) is 19.2. The van der Waals surface area contributed by atoms with E-state index in [-0.39, 0.29) is 23.7 Å². The number of carbonyl (C=O) groups is 2. The van der Waals surface area contributed by atoms with Crippen molar-refractivity contribution in [2.45, 2.75) is 51.6 Å². The second kappa shape index (κ2) is 11.1. The second-order valence-electron chi connectivity index (χ2n) is 8.40. The molecule has 0 bridgehead atoms. The molecular formula is C25H30Cl2N2O3. The van der Waals surface area contributed by atoms with Crippen LogP contribution >= 0.6 is 23.2 Å². The van der Waals surface area contributed by atoms with Crippen LogP contribution in [0.3, 0.4) is 0 Å². The van der Waals surface area contributed by atoms with Gasteiger partial charge in [0.2, 0.25) is 11.8 Å². The summed E-state index contributed by atoms with van der Waals surface area (Å²) in [5.41, 5.74) is 2.09. The Morgan fingerprint density at radius 2 is 1.84 bits per heavy atom. The summed E-state index contributed by atoms with van der Waals surface area (Å²) in [5, 5.41) is 3.77. The first kappa shape index (κ1) is 24.4. The molecule has 2 aromatic rings. The fourth-order valence-corrected chi connectivity index (χ4v) is 4.58. The summed E-state index contributed by atoms with van der Waals surface area (Å²) in [7, 11) is 1.54. The third-order valence-corrected chi connectivity index (χ3v) is 6.59. The van der Waals surface area contributed by atoms with E-state index in [1.54, 1.807) is 37.4 Å². The largest absolute Gasteiger partial charge is 0.495 e. The maximum atomic E-state index is 13.7. The van der Waals surface area contributed by atoms with E-state index in [4.69, 9.17) is 27.9 Å². The molecule has 3 atom stereocenters. The number of carbonyl (C=O) groups excluding carboxylic acids is 2. The molecule has 0 heterocycles. The summed E-state index contributed by atoms with van der Waals surface area (Å²) in [5.74, 6) is -0.0273. The van der Waals surface area contributed by atoms with Gasteiger partial charge in [-0.2, -0.15) is 0 Å². The molecule has 1 fully saturated rings. The Bertz CT molecular complexity index is 949. The zero-order valence-electron chi connectivity index (χ0n) is 18.7. The molecule has 0 aromatic heterocycles. The Labute approximate surface area is 200 Å². The van der Waals surface area contributed by atoms with Gasteiger partial charge in [0.25, 0.3) is 0 Å². The van der Waals surface area contributed by atoms with Gasteiger partial charge in [-0.05, 0) is 61.1 Å². The van der Waals surface area contributed by atoms with Gasteiger partial charge in [0.1, 0.15) is 17.7 Å². The molecular weight excluding hydrogens is 447 g/mol. The monoisotopic (exact) mass is 476 g/mol. The fourth-order valence-electron chi connectivity index (χ4n) is 4.33. The lowest BCUT2D eigenvalue weighted by Crippen LogP contribution is -2.49. The highest BCUT2D eigenvalue weighted by Gasteiger charge is 2.36. The maximum Gasteiger partial charge on any atom is 0.248 e. The van der Waals surface area contributed by atoms with Crippen molar-refractivity contribution < 1.29 is 14.3 Å². The van der Waals surface area contributed by atoms with Crippen LogP contribution in [0.2, 0.25) is 5.02 Å². The minimum absolute atomic E-state index is 0.0680. The van der Waals surface area contributed by atoms with Crippen LogP contribution in [0.25, 0.3) is 0 Å². The summed E-state index contributed by atoms with van der Waals surface area (Å²) in [6.45, 7) is 4.08. The van der Waals surface area contributed by atoms with Crippen molar-refractivity contribution in [3.05, 3.63) is 58.6 Å². The van der Waals surface area contributed by atoms with Crippen molar-refractivity contribution in [3.63, 3.8) is 0 Å². The number of anilines is 1. The Kier molecular flexibility index (Phi) is 8.44. The van der Waals surface area contributed by atoms with Crippen molar-refractivity contribution in [1.82, 2.24) is 5.32 Å². The Hall–Kier alpha value is -2.24.